The number of halogens is 6. The normalized spacial score (nSPS) is 15.0. The summed E-state index contributed by atoms with van der Waals surface area (Å²) in [5.41, 5.74) is 1.01. The van der Waals surface area contributed by atoms with E-state index in [9.17, 15) is 17.6 Å². The Morgan fingerprint density at radius 1 is 0.667 bits per heavy atom. The van der Waals surface area contributed by atoms with Gasteiger partial charge in [-0.05, 0) is 85.8 Å². The molecule has 0 aromatic heterocycles. The molecule has 3 aromatic carbocycles. The van der Waals surface area contributed by atoms with Gasteiger partial charge in [0, 0.05) is 5.56 Å². The van der Waals surface area contributed by atoms with Gasteiger partial charge in [0.15, 0.2) is 34.8 Å². The molecule has 4 rings (SSSR count). The molecule has 0 spiro atoms. The van der Waals surface area contributed by atoms with Crippen molar-refractivity contribution in [3.05, 3.63) is 99.6 Å². The Balaban J connectivity index is 1.40. The van der Waals surface area contributed by atoms with Crippen molar-refractivity contribution < 1.29 is 35.8 Å². The average Bonchev–Trinajstić information content (AvgIpc) is 2.99. The van der Waals surface area contributed by atoms with Crippen LogP contribution in [0.25, 0.3) is 5.57 Å². The van der Waals surface area contributed by atoms with Gasteiger partial charge in [0.25, 0.3) is 0 Å². The van der Waals surface area contributed by atoms with Crippen molar-refractivity contribution in [2.24, 2.45) is 0 Å². The Hall–Kier alpha value is -3.42. The molecule has 1 aliphatic carbocycles. The molecule has 0 saturated carbocycles. The van der Waals surface area contributed by atoms with Crippen molar-refractivity contribution in [3.63, 3.8) is 0 Å². The smallest absolute Gasteiger partial charge is 0.200 e. The first-order valence-electron chi connectivity index (χ1n) is 14.6. The summed E-state index contributed by atoms with van der Waals surface area (Å²) in [6.07, 6.45) is 6.60. The summed E-state index contributed by atoms with van der Waals surface area (Å²) in [4.78, 5) is 0. The molecule has 1 atom stereocenters. The fourth-order valence-corrected chi connectivity index (χ4v) is 5.38. The van der Waals surface area contributed by atoms with Gasteiger partial charge in [-0.3, -0.25) is 0 Å². The van der Waals surface area contributed by atoms with E-state index in [-0.39, 0.29) is 59.1 Å². The molecule has 226 valence electrons. The number of hydrogen-bond donors (Lipinski definition) is 0. The van der Waals surface area contributed by atoms with Gasteiger partial charge in [0.2, 0.25) is 11.6 Å². The zero-order chi connectivity index (χ0) is 30.2. The van der Waals surface area contributed by atoms with Gasteiger partial charge < -0.3 is 9.47 Å². The highest BCUT2D eigenvalue weighted by molar-refractivity contribution is 5.67. The molecule has 0 aliphatic heterocycles. The monoisotopic (exact) mass is 590 g/mol. The quantitative estimate of drug-likeness (QED) is 0.146. The van der Waals surface area contributed by atoms with Crippen LogP contribution in [-0.4, -0.2) is 13.2 Å². The van der Waals surface area contributed by atoms with Crippen LogP contribution in [0.2, 0.25) is 0 Å². The van der Waals surface area contributed by atoms with Crippen LogP contribution in [-0.2, 0) is 12.8 Å². The summed E-state index contributed by atoms with van der Waals surface area (Å²) in [5.74, 6) is -6.79. The second-order valence-corrected chi connectivity index (χ2v) is 10.6. The van der Waals surface area contributed by atoms with Crippen LogP contribution >= 0.6 is 0 Å². The largest absolute Gasteiger partial charge is 0.491 e. The number of benzene rings is 3. The molecular formula is C34H36F6O2. The average molecular weight is 591 g/mol. The molecule has 42 heavy (non-hydrogen) atoms. The summed E-state index contributed by atoms with van der Waals surface area (Å²) in [7, 11) is 0. The summed E-state index contributed by atoms with van der Waals surface area (Å²) in [6, 6.07) is 8.61. The van der Waals surface area contributed by atoms with E-state index < -0.39 is 34.9 Å². The lowest BCUT2D eigenvalue weighted by Gasteiger charge is -2.24. The lowest BCUT2D eigenvalue weighted by molar-refractivity contribution is 0.284. The lowest BCUT2D eigenvalue weighted by atomic mass is 9.82. The third kappa shape index (κ3) is 7.13. The minimum absolute atomic E-state index is 0.0240. The molecule has 1 unspecified atom stereocenters. The van der Waals surface area contributed by atoms with E-state index in [0.29, 0.717) is 31.4 Å². The van der Waals surface area contributed by atoms with Crippen LogP contribution in [0.3, 0.4) is 0 Å². The predicted molar refractivity (Wildman–Crippen MR) is 152 cm³/mol. The first kappa shape index (κ1) is 31.5. The van der Waals surface area contributed by atoms with Gasteiger partial charge in [0.1, 0.15) is 0 Å². The third-order valence-electron chi connectivity index (χ3n) is 7.78. The standard InChI is InChI=1S/C34H36F6O2/c1-3-5-6-7-20-42-28-18-15-24(30(36)33(28)39)13-12-23-14-16-25(31(37)29(23)35)21-8-10-22(11-9-21)26-17-19-27(41-4-2)34(40)32(26)38/h8,14-19,22H,3-7,9-13,20H2,1-2H3. The number of ether oxygens (including phenoxy) is 2. The summed E-state index contributed by atoms with van der Waals surface area (Å²) >= 11 is 0. The van der Waals surface area contributed by atoms with Crippen LogP contribution in [0.15, 0.2) is 42.5 Å². The SMILES string of the molecule is CCCCCCOc1ccc(CCc2ccc(C3=CCC(c4ccc(OCC)c(F)c4F)CC3)c(F)c2F)c(F)c1F. The maximum atomic E-state index is 15.1. The molecule has 0 amide bonds. The highest BCUT2D eigenvalue weighted by Crippen LogP contribution is 2.39. The van der Waals surface area contributed by atoms with Gasteiger partial charge >= 0.3 is 0 Å². The fourth-order valence-electron chi connectivity index (χ4n) is 5.38. The van der Waals surface area contributed by atoms with E-state index in [1.54, 1.807) is 13.0 Å². The molecule has 0 N–H and O–H groups in total. The molecule has 0 fully saturated rings. The molecule has 0 heterocycles. The highest BCUT2D eigenvalue weighted by atomic mass is 19.2. The first-order chi connectivity index (χ1) is 20.3. The number of aryl methyl sites for hydroxylation is 2. The maximum absolute atomic E-state index is 15.1. The van der Waals surface area contributed by atoms with Crippen molar-refractivity contribution in [1.29, 1.82) is 0 Å². The zero-order valence-corrected chi connectivity index (χ0v) is 24.0. The molecule has 8 heteroatoms. The van der Waals surface area contributed by atoms with Crippen molar-refractivity contribution in [1.82, 2.24) is 0 Å². The Morgan fingerprint density at radius 2 is 1.31 bits per heavy atom. The van der Waals surface area contributed by atoms with Crippen molar-refractivity contribution in [2.75, 3.05) is 13.2 Å². The van der Waals surface area contributed by atoms with E-state index >= 15 is 8.78 Å². The minimum Gasteiger partial charge on any atom is -0.491 e. The van der Waals surface area contributed by atoms with Gasteiger partial charge in [0.05, 0.1) is 13.2 Å². The Morgan fingerprint density at radius 3 is 1.98 bits per heavy atom. The van der Waals surface area contributed by atoms with E-state index in [1.165, 1.54) is 36.4 Å². The van der Waals surface area contributed by atoms with Crippen LogP contribution in [0.5, 0.6) is 11.5 Å². The fraction of sp³-hybridized carbons (Fsp3) is 0.412. The Kier molecular flexibility index (Phi) is 11.0. The van der Waals surface area contributed by atoms with E-state index in [2.05, 4.69) is 6.92 Å². The van der Waals surface area contributed by atoms with Crippen molar-refractivity contribution >= 4 is 5.57 Å². The van der Waals surface area contributed by atoms with Crippen LogP contribution < -0.4 is 9.47 Å². The number of allylic oxidation sites excluding steroid dienone is 2. The van der Waals surface area contributed by atoms with E-state index in [0.717, 1.165) is 25.7 Å². The molecule has 1 aliphatic rings. The first-order valence-corrected chi connectivity index (χ1v) is 14.6. The molecule has 2 nitrogen and oxygen atoms in total. The van der Waals surface area contributed by atoms with Gasteiger partial charge in [-0.15, -0.1) is 0 Å². The number of hydrogen-bond acceptors (Lipinski definition) is 2. The van der Waals surface area contributed by atoms with Gasteiger partial charge in [-0.25, -0.2) is 17.6 Å². The summed E-state index contributed by atoms with van der Waals surface area (Å²) in [5, 5.41) is 0. The lowest BCUT2D eigenvalue weighted by Crippen LogP contribution is -2.10. The van der Waals surface area contributed by atoms with Crippen molar-refractivity contribution in [3.8, 4) is 11.5 Å². The second-order valence-electron chi connectivity index (χ2n) is 10.6. The topological polar surface area (TPSA) is 18.5 Å². The minimum atomic E-state index is -1.08. The molecule has 0 radical (unpaired) electrons. The second kappa shape index (κ2) is 14.7. The Labute approximate surface area is 243 Å². The summed E-state index contributed by atoms with van der Waals surface area (Å²) in [6.45, 7) is 4.26. The van der Waals surface area contributed by atoms with Crippen LogP contribution in [0.4, 0.5) is 26.3 Å². The number of unbranched alkanes of at least 4 members (excludes halogenated alkanes) is 3. The third-order valence-corrected chi connectivity index (χ3v) is 7.78. The highest BCUT2D eigenvalue weighted by Gasteiger charge is 2.25. The molecular weight excluding hydrogens is 554 g/mol. The summed E-state index contributed by atoms with van der Waals surface area (Å²) < 4.78 is 98.8. The number of rotatable bonds is 13. The predicted octanol–water partition coefficient (Wildman–Crippen LogP) is 10.0. The van der Waals surface area contributed by atoms with Crippen LogP contribution in [0.1, 0.15) is 87.0 Å². The Bertz CT molecular complexity index is 1420. The van der Waals surface area contributed by atoms with Gasteiger partial charge in [-0.2, -0.15) is 8.78 Å². The molecule has 0 saturated heterocycles. The van der Waals surface area contributed by atoms with Crippen LogP contribution in [0, 0.1) is 34.9 Å². The van der Waals surface area contributed by atoms with E-state index in [1.807, 2.05) is 0 Å². The van der Waals surface area contributed by atoms with E-state index in [4.69, 9.17) is 9.47 Å². The zero-order valence-electron chi connectivity index (χ0n) is 24.0. The van der Waals surface area contributed by atoms with Crippen molar-refractivity contribution in [2.45, 2.75) is 77.6 Å². The van der Waals surface area contributed by atoms with Gasteiger partial charge in [-0.1, -0.05) is 56.5 Å². The maximum Gasteiger partial charge on any atom is 0.200 e. The molecule has 3 aromatic rings. The molecule has 0 bridgehead atoms.